The monoisotopic (exact) mass is 267 g/mol. The molecule has 0 bridgehead atoms. The van der Waals surface area contributed by atoms with Gasteiger partial charge in [-0.3, -0.25) is 9.59 Å². The largest absolute Gasteiger partial charge is 0.335 e. The lowest BCUT2D eigenvalue weighted by Crippen LogP contribution is -2.50. The summed E-state index contributed by atoms with van der Waals surface area (Å²) in [5, 5.41) is 0. The number of rotatable bonds is 3. The molecular formula is C15H27N2O2+. The maximum atomic E-state index is 12.1. The summed E-state index contributed by atoms with van der Waals surface area (Å²) >= 11 is 0. The minimum absolute atomic E-state index is 0.190. The van der Waals surface area contributed by atoms with Crippen LogP contribution < -0.4 is 0 Å². The third-order valence-corrected chi connectivity index (χ3v) is 5.15. The zero-order valence-corrected chi connectivity index (χ0v) is 12.8. The molecule has 4 heteroatoms. The van der Waals surface area contributed by atoms with Gasteiger partial charge in [-0.1, -0.05) is 13.8 Å². The number of Topliss-reactive ketones (excluding diaryl/α,β-unsaturated/α-hetero) is 1. The van der Waals surface area contributed by atoms with E-state index in [1.807, 2.05) is 0 Å². The predicted molar refractivity (Wildman–Crippen MR) is 74.5 cm³/mol. The van der Waals surface area contributed by atoms with Crippen LogP contribution in [0, 0.1) is 17.8 Å². The second kappa shape index (κ2) is 4.89. The van der Waals surface area contributed by atoms with Crippen molar-refractivity contribution in [2.75, 3.05) is 33.2 Å². The first-order valence-electron chi connectivity index (χ1n) is 7.42. The van der Waals surface area contributed by atoms with Gasteiger partial charge in [0.2, 0.25) is 5.78 Å². The summed E-state index contributed by atoms with van der Waals surface area (Å²) in [5.41, 5.74) is 0. The van der Waals surface area contributed by atoms with Crippen LogP contribution in [0.5, 0.6) is 0 Å². The number of hydrogen-bond acceptors (Lipinski definition) is 2. The molecule has 2 atom stereocenters. The summed E-state index contributed by atoms with van der Waals surface area (Å²) in [5.74, 6) is 0.474. The predicted octanol–water partition coefficient (Wildman–Crippen LogP) is 1.15. The Morgan fingerprint density at radius 1 is 1.05 bits per heavy atom. The molecule has 2 heterocycles. The van der Waals surface area contributed by atoms with Crippen LogP contribution in [0.25, 0.3) is 0 Å². The molecule has 0 spiro atoms. The summed E-state index contributed by atoms with van der Waals surface area (Å²) in [6.07, 6.45) is 0. The second-order valence-corrected chi connectivity index (χ2v) is 7.19. The lowest BCUT2D eigenvalue weighted by Gasteiger charge is -2.35. The molecule has 2 rings (SSSR count). The van der Waals surface area contributed by atoms with Crippen molar-refractivity contribution in [3.63, 3.8) is 0 Å². The number of likely N-dealkylation sites (tertiary alicyclic amines) is 2. The zero-order chi connectivity index (χ0) is 14.4. The van der Waals surface area contributed by atoms with Crippen LogP contribution in [-0.2, 0) is 9.59 Å². The number of fused-ring (bicyclic) bond motifs is 1. The van der Waals surface area contributed by atoms with E-state index in [1.54, 1.807) is 18.7 Å². The molecule has 0 saturated carbocycles. The fraction of sp³-hybridized carbons (Fsp3) is 0.867. The Morgan fingerprint density at radius 2 is 1.53 bits per heavy atom. The SMILES string of the molecule is CC(C)C(=O)C(=O)N1CC2C[N+](C)(C(C)C)CC2C1. The molecule has 0 aromatic heterocycles. The van der Waals surface area contributed by atoms with Gasteiger partial charge in [-0.05, 0) is 13.8 Å². The molecule has 0 aromatic carbocycles. The lowest BCUT2D eigenvalue weighted by atomic mass is 10.0. The molecule has 0 radical (unpaired) electrons. The maximum Gasteiger partial charge on any atom is 0.290 e. The molecule has 4 nitrogen and oxygen atoms in total. The first-order chi connectivity index (χ1) is 8.74. The molecule has 2 saturated heterocycles. The molecule has 2 unspecified atom stereocenters. The van der Waals surface area contributed by atoms with Gasteiger partial charge in [-0.2, -0.15) is 0 Å². The van der Waals surface area contributed by atoms with Crippen molar-refractivity contribution in [1.82, 2.24) is 4.90 Å². The van der Waals surface area contributed by atoms with Gasteiger partial charge in [0, 0.05) is 30.8 Å². The van der Waals surface area contributed by atoms with Gasteiger partial charge in [-0.15, -0.1) is 0 Å². The third-order valence-electron chi connectivity index (χ3n) is 5.15. The summed E-state index contributed by atoms with van der Waals surface area (Å²) in [6.45, 7) is 12.0. The van der Waals surface area contributed by atoms with Gasteiger partial charge in [0.25, 0.3) is 5.91 Å². The number of hydrogen-bond donors (Lipinski definition) is 0. The number of carbonyl (C=O) groups excluding carboxylic acids is 2. The summed E-state index contributed by atoms with van der Waals surface area (Å²) in [4.78, 5) is 25.7. The zero-order valence-electron chi connectivity index (χ0n) is 12.8. The first-order valence-corrected chi connectivity index (χ1v) is 7.42. The molecule has 2 aliphatic heterocycles. The van der Waals surface area contributed by atoms with Gasteiger partial charge in [0.15, 0.2) is 0 Å². The quantitative estimate of drug-likeness (QED) is 0.568. The highest BCUT2D eigenvalue weighted by Crippen LogP contribution is 2.36. The lowest BCUT2D eigenvalue weighted by molar-refractivity contribution is -0.921. The molecule has 19 heavy (non-hydrogen) atoms. The molecular weight excluding hydrogens is 240 g/mol. The smallest absolute Gasteiger partial charge is 0.290 e. The van der Waals surface area contributed by atoms with Crippen LogP contribution >= 0.6 is 0 Å². The van der Waals surface area contributed by atoms with E-state index in [-0.39, 0.29) is 17.6 Å². The van der Waals surface area contributed by atoms with Crippen molar-refractivity contribution in [1.29, 1.82) is 0 Å². The van der Waals surface area contributed by atoms with Crippen molar-refractivity contribution < 1.29 is 14.1 Å². The van der Waals surface area contributed by atoms with E-state index >= 15 is 0 Å². The summed E-state index contributed by atoms with van der Waals surface area (Å²) in [7, 11) is 2.31. The van der Waals surface area contributed by atoms with Crippen molar-refractivity contribution >= 4 is 11.7 Å². The average molecular weight is 267 g/mol. The molecule has 0 aromatic rings. The minimum atomic E-state index is -0.261. The van der Waals surface area contributed by atoms with E-state index in [9.17, 15) is 9.59 Å². The van der Waals surface area contributed by atoms with E-state index in [0.29, 0.717) is 17.9 Å². The Labute approximate surface area is 116 Å². The fourth-order valence-electron chi connectivity index (χ4n) is 3.49. The summed E-state index contributed by atoms with van der Waals surface area (Å²) < 4.78 is 1.11. The van der Waals surface area contributed by atoms with Crippen molar-refractivity contribution in [3.8, 4) is 0 Å². The van der Waals surface area contributed by atoms with Crippen LogP contribution in [0.15, 0.2) is 0 Å². The Kier molecular flexibility index (Phi) is 3.74. The molecule has 2 aliphatic rings. The van der Waals surface area contributed by atoms with E-state index < -0.39 is 0 Å². The van der Waals surface area contributed by atoms with Crippen LogP contribution in [0.3, 0.4) is 0 Å². The maximum absolute atomic E-state index is 12.1. The van der Waals surface area contributed by atoms with Crippen molar-refractivity contribution in [2.24, 2.45) is 17.8 Å². The second-order valence-electron chi connectivity index (χ2n) is 7.19. The van der Waals surface area contributed by atoms with Crippen LogP contribution in [0.2, 0.25) is 0 Å². The van der Waals surface area contributed by atoms with Gasteiger partial charge in [-0.25, -0.2) is 0 Å². The third kappa shape index (κ3) is 2.55. The van der Waals surface area contributed by atoms with Crippen LogP contribution in [0.4, 0.5) is 0 Å². The Bertz CT molecular complexity index is 376. The van der Waals surface area contributed by atoms with E-state index in [4.69, 9.17) is 0 Å². The number of carbonyl (C=O) groups is 2. The molecule has 0 aliphatic carbocycles. The van der Waals surface area contributed by atoms with E-state index in [1.165, 1.54) is 0 Å². The topological polar surface area (TPSA) is 37.4 Å². The standard InChI is InChI=1S/C15H27N2O2/c1-10(2)14(18)15(19)16-6-12-8-17(5,11(3)4)9-13(12)7-16/h10-13H,6-9H2,1-5H3/q+1. The van der Waals surface area contributed by atoms with Crippen LogP contribution in [-0.4, -0.2) is 60.3 Å². The van der Waals surface area contributed by atoms with Gasteiger partial charge >= 0.3 is 0 Å². The normalized spacial score (nSPS) is 34.2. The van der Waals surface area contributed by atoms with Crippen LogP contribution in [0.1, 0.15) is 27.7 Å². The Morgan fingerprint density at radius 3 is 1.89 bits per heavy atom. The Balaban J connectivity index is 1.98. The van der Waals surface area contributed by atoms with E-state index in [0.717, 1.165) is 30.7 Å². The highest BCUT2D eigenvalue weighted by Gasteiger charge is 2.50. The van der Waals surface area contributed by atoms with Gasteiger partial charge in [0.05, 0.1) is 26.2 Å². The van der Waals surface area contributed by atoms with Gasteiger partial charge < -0.3 is 9.38 Å². The molecule has 2 fully saturated rings. The highest BCUT2D eigenvalue weighted by molar-refractivity contribution is 6.36. The fourth-order valence-corrected chi connectivity index (χ4v) is 3.49. The van der Waals surface area contributed by atoms with Gasteiger partial charge in [0.1, 0.15) is 0 Å². The molecule has 0 N–H and O–H groups in total. The highest BCUT2D eigenvalue weighted by atomic mass is 16.2. The molecule has 108 valence electrons. The number of quaternary nitrogens is 1. The van der Waals surface area contributed by atoms with Crippen molar-refractivity contribution in [3.05, 3.63) is 0 Å². The van der Waals surface area contributed by atoms with Crippen molar-refractivity contribution in [2.45, 2.75) is 33.7 Å². The average Bonchev–Trinajstić information content (AvgIpc) is 2.82. The van der Waals surface area contributed by atoms with E-state index in [2.05, 4.69) is 20.9 Å². The number of ketones is 1. The summed E-state index contributed by atoms with van der Waals surface area (Å²) in [6, 6.07) is 0.632. The first kappa shape index (κ1) is 14.5. The Hall–Kier alpha value is -0.900. The molecule has 1 amide bonds. The minimum Gasteiger partial charge on any atom is -0.335 e. The number of amides is 1. The number of nitrogens with zero attached hydrogens (tertiary/aromatic N) is 2.